The standard InChI is InChI=1S/C11H19N3/c1-8(5-12)9-6-13-7-14(9)10-4-11(10,2)3/h6-8,10H,4-5,12H2,1-3H3. The Labute approximate surface area is 85.3 Å². The Balaban J connectivity index is 2.23. The molecule has 1 heterocycles. The van der Waals surface area contributed by atoms with Crippen LogP contribution in [0.1, 0.15) is 44.8 Å². The molecule has 2 N–H and O–H groups in total. The van der Waals surface area contributed by atoms with E-state index >= 15 is 0 Å². The van der Waals surface area contributed by atoms with E-state index in [0.717, 1.165) is 0 Å². The Morgan fingerprint density at radius 2 is 2.36 bits per heavy atom. The lowest BCUT2D eigenvalue weighted by Crippen LogP contribution is -2.14. The molecule has 3 nitrogen and oxygen atoms in total. The van der Waals surface area contributed by atoms with Gasteiger partial charge in [-0.1, -0.05) is 20.8 Å². The van der Waals surface area contributed by atoms with Crippen LogP contribution in [0, 0.1) is 5.41 Å². The zero-order valence-electron chi connectivity index (χ0n) is 9.20. The molecule has 2 atom stereocenters. The van der Waals surface area contributed by atoms with Gasteiger partial charge >= 0.3 is 0 Å². The van der Waals surface area contributed by atoms with Gasteiger partial charge in [0.05, 0.1) is 6.33 Å². The van der Waals surface area contributed by atoms with E-state index in [-0.39, 0.29) is 0 Å². The molecule has 1 saturated carbocycles. The van der Waals surface area contributed by atoms with Crippen LogP contribution in [-0.2, 0) is 0 Å². The highest BCUT2D eigenvalue weighted by Gasteiger charge is 2.47. The van der Waals surface area contributed by atoms with E-state index in [0.29, 0.717) is 23.9 Å². The number of nitrogens with zero attached hydrogens (tertiary/aromatic N) is 2. The van der Waals surface area contributed by atoms with E-state index in [1.165, 1.54) is 12.1 Å². The second-order valence-corrected chi connectivity index (χ2v) is 5.07. The molecule has 2 unspecified atom stereocenters. The van der Waals surface area contributed by atoms with Crippen molar-refractivity contribution in [3.63, 3.8) is 0 Å². The molecule has 1 aromatic heterocycles. The summed E-state index contributed by atoms with van der Waals surface area (Å²) in [4.78, 5) is 4.23. The van der Waals surface area contributed by atoms with Crippen LogP contribution in [0.15, 0.2) is 12.5 Å². The van der Waals surface area contributed by atoms with Gasteiger partial charge in [-0.15, -0.1) is 0 Å². The van der Waals surface area contributed by atoms with E-state index in [9.17, 15) is 0 Å². The van der Waals surface area contributed by atoms with Gasteiger partial charge in [-0.25, -0.2) is 4.98 Å². The van der Waals surface area contributed by atoms with E-state index in [1.807, 2.05) is 12.5 Å². The van der Waals surface area contributed by atoms with Crippen molar-refractivity contribution >= 4 is 0 Å². The maximum Gasteiger partial charge on any atom is 0.0951 e. The Morgan fingerprint density at radius 3 is 2.86 bits per heavy atom. The Kier molecular flexibility index (Phi) is 2.14. The van der Waals surface area contributed by atoms with E-state index in [2.05, 4.69) is 30.3 Å². The van der Waals surface area contributed by atoms with Gasteiger partial charge in [0, 0.05) is 30.4 Å². The van der Waals surface area contributed by atoms with Crippen LogP contribution in [0.2, 0.25) is 0 Å². The smallest absolute Gasteiger partial charge is 0.0951 e. The fourth-order valence-electron chi connectivity index (χ4n) is 1.99. The molecule has 0 amide bonds. The first-order valence-corrected chi connectivity index (χ1v) is 5.28. The average Bonchev–Trinajstić information content (AvgIpc) is 2.63. The van der Waals surface area contributed by atoms with Gasteiger partial charge in [0.25, 0.3) is 0 Å². The fraction of sp³-hybridized carbons (Fsp3) is 0.727. The Morgan fingerprint density at radius 1 is 1.71 bits per heavy atom. The highest BCUT2D eigenvalue weighted by atomic mass is 15.1. The van der Waals surface area contributed by atoms with Gasteiger partial charge in [0.15, 0.2) is 0 Å². The van der Waals surface area contributed by atoms with Gasteiger partial charge < -0.3 is 10.3 Å². The molecule has 14 heavy (non-hydrogen) atoms. The molecule has 0 radical (unpaired) electrons. The third-order valence-corrected chi connectivity index (χ3v) is 3.35. The summed E-state index contributed by atoms with van der Waals surface area (Å²) in [5.41, 5.74) is 7.41. The quantitative estimate of drug-likeness (QED) is 0.797. The molecule has 3 heteroatoms. The molecule has 0 aliphatic heterocycles. The van der Waals surface area contributed by atoms with Crippen molar-refractivity contribution < 1.29 is 0 Å². The first-order valence-electron chi connectivity index (χ1n) is 5.28. The van der Waals surface area contributed by atoms with Gasteiger partial charge in [-0.05, 0) is 11.8 Å². The summed E-state index contributed by atoms with van der Waals surface area (Å²) in [6.45, 7) is 7.45. The fourth-order valence-corrected chi connectivity index (χ4v) is 1.99. The summed E-state index contributed by atoms with van der Waals surface area (Å²) < 4.78 is 2.30. The van der Waals surface area contributed by atoms with Crippen molar-refractivity contribution in [1.29, 1.82) is 0 Å². The zero-order chi connectivity index (χ0) is 10.3. The minimum Gasteiger partial charge on any atom is -0.331 e. The van der Waals surface area contributed by atoms with Crippen molar-refractivity contribution in [3.8, 4) is 0 Å². The van der Waals surface area contributed by atoms with Crippen LogP contribution in [0.4, 0.5) is 0 Å². The topological polar surface area (TPSA) is 43.8 Å². The van der Waals surface area contributed by atoms with Crippen LogP contribution in [0.25, 0.3) is 0 Å². The second kappa shape index (κ2) is 3.09. The van der Waals surface area contributed by atoms with Crippen LogP contribution in [0.3, 0.4) is 0 Å². The molecule has 0 spiro atoms. The van der Waals surface area contributed by atoms with E-state index in [4.69, 9.17) is 5.73 Å². The Bertz CT molecular complexity index is 327. The van der Waals surface area contributed by atoms with Gasteiger partial charge in [-0.3, -0.25) is 0 Å². The molecule has 1 fully saturated rings. The summed E-state index contributed by atoms with van der Waals surface area (Å²) in [5, 5.41) is 0. The first-order chi connectivity index (χ1) is 6.56. The molecule has 0 aromatic carbocycles. The monoisotopic (exact) mass is 193 g/mol. The molecule has 1 aliphatic rings. The van der Waals surface area contributed by atoms with Crippen LogP contribution < -0.4 is 5.73 Å². The lowest BCUT2D eigenvalue weighted by Gasteiger charge is -2.13. The number of nitrogens with two attached hydrogens (primary N) is 1. The zero-order valence-corrected chi connectivity index (χ0v) is 9.20. The normalized spacial score (nSPS) is 26.1. The molecular formula is C11H19N3. The number of aromatic nitrogens is 2. The predicted octanol–water partition coefficient (Wildman–Crippen LogP) is 1.92. The lowest BCUT2D eigenvalue weighted by molar-refractivity contribution is 0.518. The minimum absolute atomic E-state index is 0.411. The number of hydrogen-bond donors (Lipinski definition) is 1. The van der Waals surface area contributed by atoms with E-state index in [1.54, 1.807) is 0 Å². The molecule has 2 rings (SSSR count). The number of hydrogen-bond acceptors (Lipinski definition) is 2. The highest BCUT2D eigenvalue weighted by molar-refractivity contribution is 5.13. The summed E-state index contributed by atoms with van der Waals surface area (Å²) in [7, 11) is 0. The average molecular weight is 193 g/mol. The van der Waals surface area contributed by atoms with Crippen molar-refractivity contribution in [2.24, 2.45) is 11.1 Å². The maximum absolute atomic E-state index is 5.68. The second-order valence-electron chi connectivity index (χ2n) is 5.07. The lowest BCUT2D eigenvalue weighted by atomic mass is 10.1. The van der Waals surface area contributed by atoms with Crippen molar-refractivity contribution in [2.45, 2.75) is 39.2 Å². The van der Waals surface area contributed by atoms with Crippen LogP contribution in [-0.4, -0.2) is 16.1 Å². The summed E-state index contributed by atoms with van der Waals surface area (Å²) in [6, 6.07) is 0.633. The summed E-state index contributed by atoms with van der Waals surface area (Å²) in [6.07, 6.45) is 5.15. The van der Waals surface area contributed by atoms with Crippen LogP contribution in [0.5, 0.6) is 0 Å². The van der Waals surface area contributed by atoms with Crippen molar-refractivity contribution in [1.82, 2.24) is 9.55 Å². The largest absolute Gasteiger partial charge is 0.331 e. The highest BCUT2D eigenvalue weighted by Crippen LogP contribution is 2.56. The van der Waals surface area contributed by atoms with Gasteiger partial charge in [0.2, 0.25) is 0 Å². The first kappa shape index (κ1) is 9.71. The van der Waals surface area contributed by atoms with Gasteiger partial charge in [0.1, 0.15) is 0 Å². The molecule has 78 valence electrons. The minimum atomic E-state index is 0.411. The summed E-state index contributed by atoms with van der Waals surface area (Å²) in [5.74, 6) is 0.411. The molecule has 0 bridgehead atoms. The molecular weight excluding hydrogens is 174 g/mol. The summed E-state index contributed by atoms with van der Waals surface area (Å²) >= 11 is 0. The SMILES string of the molecule is CC(CN)c1cncn1C1CC1(C)C. The predicted molar refractivity (Wildman–Crippen MR) is 57.1 cm³/mol. The van der Waals surface area contributed by atoms with Crippen LogP contribution >= 0.6 is 0 Å². The molecule has 1 aromatic rings. The third kappa shape index (κ3) is 1.46. The third-order valence-electron chi connectivity index (χ3n) is 3.35. The number of imidazole rings is 1. The van der Waals surface area contributed by atoms with Crippen molar-refractivity contribution in [2.75, 3.05) is 6.54 Å². The molecule has 1 aliphatic carbocycles. The maximum atomic E-state index is 5.68. The van der Waals surface area contributed by atoms with E-state index < -0.39 is 0 Å². The Hall–Kier alpha value is -0.830. The van der Waals surface area contributed by atoms with Gasteiger partial charge in [-0.2, -0.15) is 0 Å². The molecule has 0 saturated heterocycles. The number of rotatable bonds is 3. The van der Waals surface area contributed by atoms with Crippen molar-refractivity contribution in [3.05, 3.63) is 18.2 Å².